The molecule has 1 fully saturated rings. The summed E-state index contributed by atoms with van der Waals surface area (Å²) in [5.74, 6) is 0. The predicted molar refractivity (Wildman–Crippen MR) is 80.8 cm³/mol. The van der Waals surface area contributed by atoms with Crippen LogP contribution in [0.5, 0.6) is 0 Å². The molecule has 2 heterocycles. The van der Waals surface area contributed by atoms with Crippen molar-refractivity contribution in [2.45, 2.75) is 26.8 Å². The SMILES string of the molecule is Cc1cc(C)c2[nH]c(C)c(C3CN(C)CCN3)c2c1. The van der Waals surface area contributed by atoms with E-state index in [-0.39, 0.29) is 0 Å². The van der Waals surface area contributed by atoms with Crippen molar-refractivity contribution in [3.05, 3.63) is 34.5 Å². The number of aromatic nitrogens is 1. The van der Waals surface area contributed by atoms with E-state index in [2.05, 4.69) is 55.2 Å². The summed E-state index contributed by atoms with van der Waals surface area (Å²) in [7, 11) is 2.20. The molecule has 1 aromatic carbocycles. The third-order valence-corrected chi connectivity index (χ3v) is 4.21. The number of H-pyrrole nitrogens is 1. The topological polar surface area (TPSA) is 31.1 Å². The smallest absolute Gasteiger partial charge is 0.0489 e. The zero-order chi connectivity index (χ0) is 13.6. The Bertz CT molecular complexity index is 612. The Morgan fingerprint density at radius 1 is 1.21 bits per heavy atom. The first kappa shape index (κ1) is 12.7. The lowest BCUT2D eigenvalue weighted by Crippen LogP contribution is -2.43. The van der Waals surface area contributed by atoms with Gasteiger partial charge in [-0.2, -0.15) is 0 Å². The molecule has 0 bridgehead atoms. The van der Waals surface area contributed by atoms with Crippen molar-refractivity contribution in [1.29, 1.82) is 0 Å². The van der Waals surface area contributed by atoms with E-state index in [1.807, 2.05) is 0 Å². The van der Waals surface area contributed by atoms with Crippen LogP contribution in [0, 0.1) is 20.8 Å². The van der Waals surface area contributed by atoms with Crippen molar-refractivity contribution < 1.29 is 0 Å². The second kappa shape index (κ2) is 4.66. The van der Waals surface area contributed by atoms with Crippen molar-refractivity contribution in [2.24, 2.45) is 0 Å². The summed E-state index contributed by atoms with van der Waals surface area (Å²) in [5, 5.41) is 5.05. The van der Waals surface area contributed by atoms with Gasteiger partial charge >= 0.3 is 0 Å². The molecule has 0 saturated carbocycles. The van der Waals surface area contributed by atoms with Crippen molar-refractivity contribution in [3.63, 3.8) is 0 Å². The van der Waals surface area contributed by atoms with Crippen molar-refractivity contribution >= 4 is 10.9 Å². The molecule has 1 saturated heterocycles. The van der Waals surface area contributed by atoms with Gasteiger partial charge in [-0.05, 0) is 45.0 Å². The van der Waals surface area contributed by atoms with E-state index in [1.165, 1.54) is 33.3 Å². The van der Waals surface area contributed by atoms with Gasteiger partial charge in [-0.1, -0.05) is 11.6 Å². The number of nitrogens with one attached hydrogen (secondary N) is 2. The second-order valence-corrected chi connectivity index (χ2v) is 5.94. The van der Waals surface area contributed by atoms with E-state index >= 15 is 0 Å². The molecule has 0 aliphatic carbocycles. The number of likely N-dealkylation sites (N-methyl/N-ethyl adjacent to an activating group) is 1. The van der Waals surface area contributed by atoms with E-state index in [1.54, 1.807) is 0 Å². The van der Waals surface area contributed by atoms with Crippen LogP contribution in [-0.2, 0) is 0 Å². The third-order valence-electron chi connectivity index (χ3n) is 4.21. The van der Waals surface area contributed by atoms with Gasteiger partial charge in [0.15, 0.2) is 0 Å². The van der Waals surface area contributed by atoms with Gasteiger partial charge in [-0.15, -0.1) is 0 Å². The molecule has 1 aliphatic heterocycles. The van der Waals surface area contributed by atoms with Crippen LogP contribution in [0.1, 0.15) is 28.4 Å². The highest BCUT2D eigenvalue weighted by atomic mass is 15.2. The van der Waals surface area contributed by atoms with Gasteiger partial charge in [-0.25, -0.2) is 0 Å². The molecule has 0 amide bonds. The van der Waals surface area contributed by atoms with Crippen molar-refractivity contribution in [1.82, 2.24) is 15.2 Å². The number of nitrogens with zero attached hydrogens (tertiary/aromatic N) is 1. The Morgan fingerprint density at radius 3 is 2.74 bits per heavy atom. The first-order valence-electron chi connectivity index (χ1n) is 7.07. The summed E-state index contributed by atoms with van der Waals surface area (Å²) in [4.78, 5) is 5.98. The lowest BCUT2D eigenvalue weighted by Gasteiger charge is -2.31. The van der Waals surface area contributed by atoms with Gasteiger partial charge in [0.2, 0.25) is 0 Å². The van der Waals surface area contributed by atoms with Crippen LogP contribution in [0.2, 0.25) is 0 Å². The Labute approximate surface area is 115 Å². The quantitative estimate of drug-likeness (QED) is 0.823. The zero-order valence-electron chi connectivity index (χ0n) is 12.3. The molecular weight excluding hydrogens is 234 g/mol. The van der Waals surface area contributed by atoms with Gasteiger partial charge in [-0.3, -0.25) is 0 Å². The standard InChI is InChI=1S/C16H23N3/c1-10-7-11(2)16-13(8-10)15(12(3)18-16)14-9-19(4)6-5-17-14/h7-8,14,17-18H,5-6,9H2,1-4H3. The number of aromatic amines is 1. The number of hydrogen-bond acceptors (Lipinski definition) is 2. The van der Waals surface area contributed by atoms with Crippen molar-refractivity contribution in [3.8, 4) is 0 Å². The highest BCUT2D eigenvalue weighted by Crippen LogP contribution is 2.31. The number of hydrogen-bond donors (Lipinski definition) is 2. The van der Waals surface area contributed by atoms with E-state index in [9.17, 15) is 0 Å². The molecule has 0 radical (unpaired) electrons. The van der Waals surface area contributed by atoms with E-state index in [0.29, 0.717) is 6.04 Å². The summed E-state index contributed by atoms with van der Waals surface area (Å²) < 4.78 is 0. The molecule has 3 rings (SSSR count). The summed E-state index contributed by atoms with van der Waals surface area (Å²) in [6.45, 7) is 9.85. The summed E-state index contributed by atoms with van der Waals surface area (Å²) in [6, 6.07) is 5.01. The molecule has 1 unspecified atom stereocenters. The lowest BCUT2D eigenvalue weighted by atomic mass is 9.98. The fourth-order valence-electron chi connectivity index (χ4n) is 3.34. The monoisotopic (exact) mass is 257 g/mol. The molecule has 1 aliphatic rings. The van der Waals surface area contributed by atoms with Gasteiger partial charge in [0.05, 0.1) is 0 Å². The first-order valence-corrected chi connectivity index (χ1v) is 7.07. The van der Waals surface area contributed by atoms with E-state index < -0.39 is 0 Å². The van der Waals surface area contributed by atoms with Crippen LogP contribution < -0.4 is 5.32 Å². The number of piperazine rings is 1. The number of aryl methyl sites for hydroxylation is 3. The summed E-state index contributed by atoms with van der Waals surface area (Å²) >= 11 is 0. The van der Waals surface area contributed by atoms with Crippen LogP contribution in [0.25, 0.3) is 10.9 Å². The summed E-state index contributed by atoms with van der Waals surface area (Å²) in [6.07, 6.45) is 0. The lowest BCUT2D eigenvalue weighted by molar-refractivity contribution is 0.241. The fourth-order valence-corrected chi connectivity index (χ4v) is 3.34. The van der Waals surface area contributed by atoms with Crippen LogP contribution >= 0.6 is 0 Å². The van der Waals surface area contributed by atoms with Crippen LogP contribution in [0.15, 0.2) is 12.1 Å². The highest BCUT2D eigenvalue weighted by Gasteiger charge is 2.23. The van der Waals surface area contributed by atoms with Crippen LogP contribution in [0.4, 0.5) is 0 Å². The molecule has 1 aromatic heterocycles. The molecule has 3 nitrogen and oxygen atoms in total. The fraction of sp³-hybridized carbons (Fsp3) is 0.500. The maximum atomic E-state index is 3.66. The minimum absolute atomic E-state index is 0.439. The Balaban J connectivity index is 2.14. The number of benzene rings is 1. The molecule has 1 atom stereocenters. The molecular formula is C16H23N3. The highest BCUT2D eigenvalue weighted by molar-refractivity contribution is 5.88. The molecule has 19 heavy (non-hydrogen) atoms. The molecule has 3 heteroatoms. The number of rotatable bonds is 1. The van der Waals surface area contributed by atoms with Crippen molar-refractivity contribution in [2.75, 3.05) is 26.7 Å². The largest absolute Gasteiger partial charge is 0.358 e. The molecule has 2 aromatic rings. The van der Waals surface area contributed by atoms with E-state index in [0.717, 1.165) is 19.6 Å². The first-order chi connectivity index (χ1) is 9.06. The maximum Gasteiger partial charge on any atom is 0.0489 e. The average molecular weight is 257 g/mol. The van der Waals surface area contributed by atoms with E-state index in [4.69, 9.17) is 0 Å². The van der Waals surface area contributed by atoms with Gasteiger partial charge in [0.25, 0.3) is 0 Å². The van der Waals surface area contributed by atoms with Gasteiger partial charge < -0.3 is 15.2 Å². The predicted octanol–water partition coefficient (Wildman–Crippen LogP) is 2.67. The molecule has 0 spiro atoms. The average Bonchev–Trinajstić information content (AvgIpc) is 2.66. The normalized spacial score (nSPS) is 21.2. The minimum Gasteiger partial charge on any atom is -0.358 e. The Morgan fingerprint density at radius 2 is 2.00 bits per heavy atom. The Kier molecular flexibility index (Phi) is 3.11. The van der Waals surface area contributed by atoms with Gasteiger partial charge in [0, 0.05) is 42.3 Å². The van der Waals surface area contributed by atoms with Crippen LogP contribution in [0.3, 0.4) is 0 Å². The van der Waals surface area contributed by atoms with Gasteiger partial charge in [0.1, 0.15) is 0 Å². The minimum atomic E-state index is 0.439. The summed E-state index contributed by atoms with van der Waals surface area (Å²) in [5.41, 5.74) is 6.74. The van der Waals surface area contributed by atoms with Crippen LogP contribution in [-0.4, -0.2) is 36.6 Å². The number of fused-ring (bicyclic) bond motifs is 1. The third kappa shape index (κ3) is 2.17. The second-order valence-electron chi connectivity index (χ2n) is 5.94. The Hall–Kier alpha value is -1.32. The zero-order valence-corrected chi connectivity index (χ0v) is 12.3. The maximum absolute atomic E-state index is 3.66. The molecule has 2 N–H and O–H groups in total. The molecule has 102 valence electrons.